The molecule has 0 bridgehead atoms. The molecule has 0 amide bonds. The molecule has 0 radical (unpaired) electrons. The second-order valence-corrected chi connectivity index (χ2v) is 9.36. The molecule has 5 nitrogen and oxygen atoms in total. The Kier molecular flexibility index (Phi) is 5.46. The maximum atomic E-state index is 12.9. The van der Waals surface area contributed by atoms with E-state index >= 15 is 0 Å². The lowest BCUT2D eigenvalue weighted by Crippen LogP contribution is -2.13. The first-order valence-electron chi connectivity index (χ1n) is 10.1. The number of aromatic nitrogens is 2. The average Bonchev–Trinajstić information content (AvgIpc) is 3.08. The smallest absolute Gasteiger partial charge is 0.340 e. The highest BCUT2D eigenvalue weighted by Crippen LogP contribution is 2.33. The van der Waals surface area contributed by atoms with E-state index in [1.165, 1.54) is 42.3 Å². The molecule has 152 valence electrons. The van der Waals surface area contributed by atoms with E-state index in [-0.39, 0.29) is 10.8 Å². The zero-order valence-corrected chi connectivity index (χ0v) is 17.7. The third-order valence-corrected chi connectivity index (χ3v) is 6.76. The summed E-state index contributed by atoms with van der Waals surface area (Å²) in [6, 6.07) is 16.5. The molecule has 29 heavy (non-hydrogen) atoms. The van der Waals surface area contributed by atoms with Crippen LogP contribution in [0.3, 0.4) is 0 Å². The van der Waals surface area contributed by atoms with E-state index in [2.05, 4.69) is 5.10 Å². The van der Waals surface area contributed by atoms with Crippen LogP contribution in [0.5, 0.6) is 5.88 Å². The fourth-order valence-electron chi connectivity index (χ4n) is 3.91. The van der Waals surface area contributed by atoms with Crippen LogP contribution in [-0.2, 0) is 10.1 Å². The lowest BCUT2D eigenvalue weighted by molar-refractivity contribution is 0.443. The van der Waals surface area contributed by atoms with Crippen LogP contribution in [0.1, 0.15) is 54.8 Å². The number of hydrogen-bond acceptors (Lipinski definition) is 4. The van der Waals surface area contributed by atoms with Crippen molar-refractivity contribution in [2.45, 2.75) is 56.8 Å². The SMILES string of the molecule is Cc1ccc(-n2nc(C)cc2OS(=O)(=O)c2ccc(C3CCCCC3)cc2)cc1. The molecule has 1 aromatic heterocycles. The first-order valence-corrected chi connectivity index (χ1v) is 11.5. The Hall–Kier alpha value is -2.60. The lowest BCUT2D eigenvalue weighted by atomic mass is 9.84. The van der Waals surface area contributed by atoms with Crippen LogP contribution in [0.2, 0.25) is 0 Å². The van der Waals surface area contributed by atoms with Crippen molar-refractivity contribution in [3.8, 4) is 11.6 Å². The van der Waals surface area contributed by atoms with Gasteiger partial charge in [-0.25, -0.2) is 0 Å². The fraction of sp³-hybridized carbons (Fsp3) is 0.348. The van der Waals surface area contributed by atoms with Gasteiger partial charge in [0.25, 0.3) is 0 Å². The zero-order valence-electron chi connectivity index (χ0n) is 16.8. The minimum absolute atomic E-state index is 0.159. The van der Waals surface area contributed by atoms with Crippen molar-refractivity contribution in [3.05, 3.63) is 71.4 Å². The van der Waals surface area contributed by atoms with E-state index in [9.17, 15) is 8.42 Å². The number of hydrogen-bond donors (Lipinski definition) is 0. The van der Waals surface area contributed by atoms with Crippen LogP contribution < -0.4 is 4.18 Å². The molecule has 4 rings (SSSR count). The summed E-state index contributed by atoms with van der Waals surface area (Å²) in [6.45, 7) is 3.81. The van der Waals surface area contributed by atoms with Crippen molar-refractivity contribution in [3.63, 3.8) is 0 Å². The standard InChI is InChI=1S/C23H26N2O3S/c1-17-8-12-21(13-9-17)25-23(16-18(2)24-25)28-29(26,27)22-14-10-20(11-15-22)19-6-4-3-5-7-19/h8-16,19H,3-7H2,1-2H3. The van der Waals surface area contributed by atoms with Gasteiger partial charge in [-0.05, 0) is 62.4 Å². The molecule has 6 heteroatoms. The predicted molar refractivity (Wildman–Crippen MR) is 113 cm³/mol. The van der Waals surface area contributed by atoms with Gasteiger partial charge in [0, 0.05) is 6.07 Å². The fourth-order valence-corrected chi connectivity index (χ4v) is 4.82. The molecular formula is C23H26N2O3S. The van der Waals surface area contributed by atoms with Gasteiger partial charge in [0.1, 0.15) is 4.90 Å². The first-order chi connectivity index (χ1) is 13.9. The minimum Gasteiger partial charge on any atom is -0.358 e. The summed E-state index contributed by atoms with van der Waals surface area (Å²) in [5.74, 6) is 0.717. The summed E-state index contributed by atoms with van der Waals surface area (Å²) in [5.41, 5.74) is 3.76. The molecule has 1 aliphatic rings. The lowest BCUT2D eigenvalue weighted by Gasteiger charge is -2.22. The van der Waals surface area contributed by atoms with Crippen molar-refractivity contribution in [2.24, 2.45) is 0 Å². The van der Waals surface area contributed by atoms with Crippen molar-refractivity contribution >= 4 is 10.1 Å². The van der Waals surface area contributed by atoms with Crippen LogP contribution in [0.4, 0.5) is 0 Å². The first kappa shape index (κ1) is 19.7. The van der Waals surface area contributed by atoms with Gasteiger partial charge in [-0.3, -0.25) is 0 Å². The van der Waals surface area contributed by atoms with Gasteiger partial charge in [-0.1, -0.05) is 49.1 Å². The number of aryl methyl sites for hydroxylation is 2. The van der Waals surface area contributed by atoms with Gasteiger partial charge in [0.15, 0.2) is 0 Å². The van der Waals surface area contributed by atoms with E-state index in [1.54, 1.807) is 18.2 Å². The molecule has 1 saturated carbocycles. The number of benzene rings is 2. The summed E-state index contributed by atoms with van der Waals surface area (Å²) in [5, 5.41) is 4.39. The van der Waals surface area contributed by atoms with Gasteiger partial charge >= 0.3 is 10.1 Å². The Morgan fingerprint density at radius 3 is 2.24 bits per heavy atom. The molecule has 1 heterocycles. The molecule has 1 aliphatic carbocycles. The Morgan fingerprint density at radius 1 is 0.931 bits per heavy atom. The third kappa shape index (κ3) is 4.37. The van der Waals surface area contributed by atoms with Crippen molar-refractivity contribution in [1.82, 2.24) is 9.78 Å². The Bertz CT molecular complexity index is 1080. The van der Waals surface area contributed by atoms with E-state index in [1.807, 2.05) is 50.2 Å². The van der Waals surface area contributed by atoms with Crippen LogP contribution in [-0.4, -0.2) is 18.2 Å². The summed E-state index contributed by atoms with van der Waals surface area (Å²) in [6.07, 6.45) is 6.15. The predicted octanol–water partition coefficient (Wildman–Crippen LogP) is 5.30. The van der Waals surface area contributed by atoms with Gasteiger partial charge in [-0.2, -0.15) is 18.2 Å². The zero-order chi connectivity index (χ0) is 20.4. The molecule has 1 fully saturated rings. The average molecular weight is 411 g/mol. The molecule has 0 unspecified atom stereocenters. The molecule has 0 aliphatic heterocycles. The molecule has 0 atom stereocenters. The van der Waals surface area contributed by atoms with Crippen LogP contribution >= 0.6 is 0 Å². The highest BCUT2D eigenvalue weighted by molar-refractivity contribution is 7.87. The van der Waals surface area contributed by atoms with Gasteiger partial charge in [0.05, 0.1) is 11.4 Å². The quantitative estimate of drug-likeness (QED) is 0.535. The molecular weight excluding hydrogens is 384 g/mol. The summed E-state index contributed by atoms with van der Waals surface area (Å²) in [7, 11) is -3.95. The van der Waals surface area contributed by atoms with Crippen molar-refractivity contribution in [2.75, 3.05) is 0 Å². The highest BCUT2D eigenvalue weighted by Gasteiger charge is 2.22. The second-order valence-electron chi connectivity index (χ2n) is 7.81. The van der Waals surface area contributed by atoms with Gasteiger partial charge < -0.3 is 4.18 Å². The second kappa shape index (κ2) is 8.03. The van der Waals surface area contributed by atoms with Gasteiger partial charge in [-0.15, -0.1) is 0 Å². The Morgan fingerprint density at radius 2 is 1.59 bits per heavy atom. The maximum absolute atomic E-state index is 12.9. The van der Waals surface area contributed by atoms with Crippen LogP contribution in [0.15, 0.2) is 59.5 Å². The van der Waals surface area contributed by atoms with E-state index in [0.29, 0.717) is 11.6 Å². The Labute approximate surface area is 172 Å². The van der Waals surface area contributed by atoms with E-state index in [0.717, 1.165) is 11.3 Å². The number of rotatable bonds is 5. The maximum Gasteiger partial charge on any atom is 0.340 e. The van der Waals surface area contributed by atoms with E-state index < -0.39 is 10.1 Å². The molecule has 2 aromatic carbocycles. The number of nitrogens with zero attached hydrogens (tertiary/aromatic N) is 2. The monoisotopic (exact) mass is 410 g/mol. The topological polar surface area (TPSA) is 61.2 Å². The summed E-state index contributed by atoms with van der Waals surface area (Å²) in [4.78, 5) is 0.159. The summed E-state index contributed by atoms with van der Waals surface area (Å²) < 4.78 is 32.7. The molecule has 0 spiro atoms. The highest BCUT2D eigenvalue weighted by atomic mass is 32.2. The van der Waals surface area contributed by atoms with Crippen molar-refractivity contribution in [1.29, 1.82) is 0 Å². The molecule has 0 N–H and O–H groups in total. The third-order valence-electron chi connectivity index (χ3n) is 5.52. The largest absolute Gasteiger partial charge is 0.358 e. The van der Waals surface area contributed by atoms with Gasteiger partial charge in [0.2, 0.25) is 5.88 Å². The van der Waals surface area contributed by atoms with Crippen LogP contribution in [0.25, 0.3) is 5.69 Å². The van der Waals surface area contributed by atoms with Crippen LogP contribution in [0, 0.1) is 13.8 Å². The molecule has 0 saturated heterocycles. The normalized spacial score (nSPS) is 15.4. The minimum atomic E-state index is -3.95. The Balaban J connectivity index is 1.58. The van der Waals surface area contributed by atoms with E-state index in [4.69, 9.17) is 4.18 Å². The molecule has 3 aromatic rings. The van der Waals surface area contributed by atoms with Crippen molar-refractivity contribution < 1.29 is 12.6 Å². The summed E-state index contributed by atoms with van der Waals surface area (Å²) >= 11 is 0.